The first-order valence-corrected chi connectivity index (χ1v) is 8.29. The second-order valence-electron chi connectivity index (χ2n) is 5.84. The van der Waals surface area contributed by atoms with Gasteiger partial charge in [-0.3, -0.25) is 14.4 Å². The van der Waals surface area contributed by atoms with Gasteiger partial charge >= 0.3 is 0 Å². The predicted molar refractivity (Wildman–Crippen MR) is 87.3 cm³/mol. The van der Waals surface area contributed by atoms with Crippen molar-refractivity contribution in [3.8, 4) is 0 Å². The molecular formula is C16H21ClN4O2. The maximum atomic E-state index is 12.3. The average Bonchev–Trinajstić information content (AvgIpc) is 3.27. The summed E-state index contributed by atoms with van der Waals surface area (Å²) in [5.41, 5.74) is 0.444. The first-order valence-electron chi connectivity index (χ1n) is 7.91. The lowest BCUT2D eigenvalue weighted by Crippen LogP contribution is -2.32. The van der Waals surface area contributed by atoms with Crippen LogP contribution in [0.5, 0.6) is 0 Å². The van der Waals surface area contributed by atoms with Gasteiger partial charge in [-0.25, -0.2) is 0 Å². The first-order chi connectivity index (χ1) is 11.2. The third-order valence-electron chi connectivity index (χ3n) is 4.19. The van der Waals surface area contributed by atoms with Crippen LogP contribution >= 0.6 is 11.6 Å². The molecule has 1 amide bonds. The highest BCUT2D eigenvalue weighted by molar-refractivity contribution is 6.33. The summed E-state index contributed by atoms with van der Waals surface area (Å²) in [5.74, 6) is 1.28. The van der Waals surface area contributed by atoms with E-state index in [2.05, 4.69) is 15.3 Å². The molecule has 2 aromatic heterocycles. The van der Waals surface area contributed by atoms with E-state index in [-0.39, 0.29) is 5.91 Å². The van der Waals surface area contributed by atoms with Crippen LogP contribution < -0.4 is 5.32 Å². The second kappa shape index (κ2) is 7.19. The number of furan rings is 1. The molecule has 6 nitrogen and oxygen atoms in total. The molecule has 1 unspecified atom stereocenters. The van der Waals surface area contributed by atoms with Crippen LogP contribution in [0.15, 0.2) is 29.0 Å². The number of aryl methyl sites for hydroxylation is 1. The Balaban J connectivity index is 1.49. The van der Waals surface area contributed by atoms with Gasteiger partial charge < -0.3 is 9.73 Å². The highest BCUT2D eigenvalue weighted by Gasteiger charge is 2.24. The van der Waals surface area contributed by atoms with Crippen LogP contribution in [0.25, 0.3) is 0 Å². The van der Waals surface area contributed by atoms with Crippen LogP contribution in [0.4, 0.5) is 0 Å². The van der Waals surface area contributed by atoms with Gasteiger partial charge in [0, 0.05) is 19.6 Å². The van der Waals surface area contributed by atoms with Gasteiger partial charge in [0.25, 0.3) is 5.91 Å². The number of rotatable bonds is 6. The number of amides is 1. The molecule has 0 aromatic carbocycles. The molecule has 2 aromatic rings. The summed E-state index contributed by atoms with van der Waals surface area (Å²) in [4.78, 5) is 14.7. The smallest absolute Gasteiger partial charge is 0.271 e. The minimum Gasteiger partial charge on any atom is -0.468 e. The van der Waals surface area contributed by atoms with E-state index in [0.29, 0.717) is 29.7 Å². The molecule has 1 atom stereocenters. The lowest BCUT2D eigenvalue weighted by molar-refractivity contribution is 0.0936. The fraction of sp³-hybridized carbons (Fsp3) is 0.500. The van der Waals surface area contributed by atoms with Crippen LogP contribution in [0, 0.1) is 5.92 Å². The molecule has 1 fully saturated rings. The molecule has 1 saturated heterocycles. The van der Waals surface area contributed by atoms with Gasteiger partial charge in [0.15, 0.2) is 0 Å². The second-order valence-corrected chi connectivity index (χ2v) is 6.24. The van der Waals surface area contributed by atoms with Crippen molar-refractivity contribution in [1.29, 1.82) is 0 Å². The van der Waals surface area contributed by atoms with Crippen molar-refractivity contribution in [3.05, 3.63) is 41.1 Å². The molecule has 1 N–H and O–H groups in total. The van der Waals surface area contributed by atoms with Crippen LogP contribution in [-0.2, 0) is 13.1 Å². The van der Waals surface area contributed by atoms with E-state index in [4.69, 9.17) is 16.0 Å². The molecule has 3 rings (SSSR count). The van der Waals surface area contributed by atoms with Crippen molar-refractivity contribution in [3.63, 3.8) is 0 Å². The van der Waals surface area contributed by atoms with Crippen molar-refractivity contribution < 1.29 is 9.21 Å². The Hall–Kier alpha value is -1.79. The zero-order valence-electron chi connectivity index (χ0n) is 13.2. The van der Waals surface area contributed by atoms with Gasteiger partial charge in [-0.2, -0.15) is 5.10 Å². The van der Waals surface area contributed by atoms with Crippen LogP contribution in [0.2, 0.25) is 5.02 Å². The molecular weight excluding hydrogens is 316 g/mol. The number of nitrogens with one attached hydrogen (secondary N) is 1. The SMILES string of the molecule is CCn1ncc(Cl)c1C(=O)NCC1CCN(Cc2ccco2)C1. The maximum absolute atomic E-state index is 12.3. The Morgan fingerprint density at radius 2 is 2.43 bits per heavy atom. The monoisotopic (exact) mass is 336 g/mol. The third kappa shape index (κ3) is 3.76. The number of likely N-dealkylation sites (tertiary alicyclic amines) is 1. The van der Waals surface area contributed by atoms with Crippen molar-refractivity contribution >= 4 is 17.5 Å². The van der Waals surface area contributed by atoms with Gasteiger partial charge in [0.2, 0.25) is 0 Å². The summed E-state index contributed by atoms with van der Waals surface area (Å²) in [5, 5.41) is 7.48. The fourth-order valence-corrected chi connectivity index (χ4v) is 3.22. The van der Waals surface area contributed by atoms with Crippen molar-refractivity contribution in [2.75, 3.05) is 19.6 Å². The summed E-state index contributed by atoms with van der Waals surface area (Å²) in [6.45, 7) is 6.01. The highest BCUT2D eigenvalue weighted by atomic mass is 35.5. The van der Waals surface area contributed by atoms with Crippen molar-refractivity contribution in [2.45, 2.75) is 26.4 Å². The van der Waals surface area contributed by atoms with Gasteiger partial charge in [-0.15, -0.1) is 0 Å². The minimum atomic E-state index is -0.154. The van der Waals surface area contributed by atoms with E-state index >= 15 is 0 Å². The summed E-state index contributed by atoms with van der Waals surface area (Å²) < 4.78 is 7.00. The van der Waals surface area contributed by atoms with Crippen molar-refractivity contribution in [1.82, 2.24) is 20.0 Å². The first kappa shape index (κ1) is 16.1. The van der Waals surface area contributed by atoms with Crippen molar-refractivity contribution in [2.24, 2.45) is 5.92 Å². The summed E-state index contributed by atoms with van der Waals surface area (Å²) >= 11 is 6.05. The van der Waals surface area contributed by atoms with E-state index in [0.717, 1.165) is 31.8 Å². The number of hydrogen-bond donors (Lipinski definition) is 1. The summed E-state index contributed by atoms with van der Waals surface area (Å²) in [7, 11) is 0. The minimum absolute atomic E-state index is 0.154. The molecule has 1 aliphatic rings. The maximum Gasteiger partial charge on any atom is 0.271 e. The van der Waals surface area contributed by atoms with E-state index in [9.17, 15) is 4.79 Å². The van der Waals surface area contributed by atoms with Crippen LogP contribution in [0.3, 0.4) is 0 Å². The molecule has 0 aliphatic carbocycles. The number of aromatic nitrogens is 2. The lowest BCUT2D eigenvalue weighted by Gasteiger charge is -2.15. The quantitative estimate of drug-likeness (QED) is 0.879. The molecule has 3 heterocycles. The fourth-order valence-electron chi connectivity index (χ4n) is 2.99. The number of hydrogen-bond acceptors (Lipinski definition) is 4. The number of carbonyl (C=O) groups excluding carboxylic acids is 1. The Labute approximate surface area is 140 Å². The highest BCUT2D eigenvalue weighted by Crippen LogP contribution is 2.19. The van der Waals surface area contributed by atoms with E-state index < -0.39 is 0 Å². The number of carbonyl (C=O) groups is 1. The van der Waals surface area contributed by atoms with Gasteiger partial charge in [0.05, 0.1) is 24.0 Å². The van der Waals surface area contributed by atoms with Crippen LogP contribution in [-0.4, -0.2) is 40.2 Å². The Bertz CT molecular complexity index is 653. The number of halogens is 1. The molecule has 0 bridgehead atoms. The van der Waals surface area contributed by atoms with Crippen LogP contribution in [0.1, 0.15) is 29.6 Å². The number of nitrogens with zero attached hydrogens (tertiary/aromatic N) is 3. The van der Waals surface area contributed by atoms with Gasteiger partial charge in [-0.1, -0.05) is 11.6 Å². The van der Waals surface area contributed by atoms with E-state index in [1.807, 2.05) is 19.1 Å². The molecule has 7 heteroatoms. The predicted octanol–water partition coefficient (Wildman–Crippen LogP) is 2.40. The summed E-state index contributed by atoms with van der Waals surface area (Å²) in [6, 6.07) is 3.90. The molecule has 0 saturated carbocycles. The molecule has 0 spiro atoms. The average molecular weight is 337 g/mol. The molecule has 23 heavy (non-hydrogen) atoms. The van der Waals surface area contributed by atoms with E-state index in [1.54, 1.807) is 10.9 Å². The zero-order chi connectivity index (χ0) is 16.2. The standard InChI is InChI=1S/C16H21ClN4O2/c1-2-21-15(14(17)9-19-21)16(22)18-8-12-5-6-20(10-12)11-13-4-3-7-23-13/h3-4,7,9,12H,2,5-6,8,10-11H2,1H3,(H,18,22). The third-order valence-corrected chi connectivity index (χ3v) is 4.47. The Morgan fingerprint density at radius 1 is 1.57 bits per heavy atom. The van der Waals surface area contributed by atoms with E-state index in [1.165, 1.54) is 6.20 Å². The zero-order valence-corrected chi connectivity index (χ0v) is 13.9. The molecule has 124 valence electrons. The normalized spacial score (nSPS) is 18.4. The summed E-state index contributed by atoms with van der Waals surface area (Å²) in [6.07, 6.45) is 4.28. The lowest BCUT2D eigenvalue weighted by atomic mass is 10.1. The topological polar surface area (TPSA) is 63.3 Å². The van der Waals surface area contributed by atoms with Gasteiger partial charge in [0.1, 0.15) is 11.5 Å². The Kier molecular flexibility index (Phi) is 5.03. The largest absolute Gasteiger partial charge is 0.468 e. The molecule has 1 aliphatic heterocycles. The molecule has 0 radical (unpaired) electrons. The van der Waals surface area contributed by atoms with Gasteiger partial charge in [-0.05, 0) is 37.9 Å². The Morgan fingerprint density at radius 3 is 3.17 bits per heavy atom.